The maximum atomic E-state index is 13.5. The van der Waals surface area contributed by atoms with Gasteiger partial charge in [-0.2, -0.15) is 0 Å². The number of methoxy groups -OCH3 is 1. The summed E-state index contributed by atoms with van der Waals surface area (Å²) in [5, 5.41) is 0.427. The minimum absolute atomic E-state index is 0.00147. The third-order valence-corrected chi connectivity index (χ3v) is 5.98. The molecule has 0 bridgehead atoms. The van der Waals surface area contributed by atoms with Gasteiger partial charge in [-0.3, -0.25) is 4.79 Å². The van der Waals surface area contributed by atoms with Gasteiger partial charge < -0.3 is 14.2 Å². The number of ether oxygens (including phenoxy) is 1. The van der Waals surface area contributed by atoms with E-state index < -0.39 is 0 Å². The highest BCUT2D eigenvalue weighted by atomic mass is 35.5. The van der Waals surface area contributed by atoms with E-state index in [9.17, 15) is 4.79 Å². The van der Waals surface area contributed by atoms with Gasteiger partial charge in [0.2, 0.25) is 0 Å². The van der Waals surface area contributed by atoms with E-state index >= 15 is 0 Å². The Morgan fingerprint density at radius 2 is 2.03 bits per heavy atom. The normalized spacial score (nSPS) is 16.3. The topological polar surface area (TPSA) is 47.4 Å². The van der Waals surface area contributed by atoms with Gasteiger partial charge in [0.05, 0.1) is 18.3 Å². The molecule has 3 heterocycles. The van der Waals surface area contributed by atoms with Crippen LogP contribution in [-0.4, -0.2) is 35.9 Å². The van der Waals surface area contributed by atoms with Gasteiger partial charge in [-0.1, -0.05) is 35.4 Å². The molecule has 0 saturated carbocycles. The van der Waals surface area contributed by atoms with Crippen LogP contribution in [-0.2, 0) is 11.8 Å². The number of rotatable bonds is 5. The number of nitrogens with zero attached hydrogens (tertiary/aromatic N) is 3. The summed E-state index contributed by atoms with van der Waals surface area (Å²) in [6.45, 7) is 3.52. The molecule has 5 nitrogen and oxygen atoms in total. The van der Waals surface area contributed by atoms with Crippen LogP contribution < -0.4 is 10.5 Å². The lowest BCUT2D eigenvalue weighted by Crippen LogP contribution is -2.38. The Hall–Kier alpha value is -2.63. The van der Waals surface area contributed by atoms with Gasteiger partial charge in [-0.15, -0.1) is 0 Å². The molecule has 0 N–H and O–H groups in total. The fraction of sp³-hybridized carbons (Fsp3) is 0.333. The summed E-state index contributed by atoms with van der Waals surface area (Å²) >= 11 is 6.21. The highest BCUT2D eigenvalue weighted by molar-refractivity contribution is 6.29. The van der Waals surface area contributed by atoms with Crippen LogP contribution in [0.3, 0.4) is 0 Å². The molecule has 0 amide bonds. The van der Waals surface area contributed by atoms with Crippen LogP contribution in [0.2, 0.25) is 5.15 Å². The van der Waals surface area contributed by atoms with Crippen LogP contribution in [0.15, 0.2) is 53.5 Å². The summed E-state index contributed by atoms with van der Waals surface area (Å²) in [6, 6.07) is 14.2. The zero-order chi connectivity index (χ0) is 21.3. The number of hydrogen-bond donors (Lipinski definition) is 0. The predicted octanol–water partition coefficient (Wildman–Crippen LogP) is 4.69. The van der Waals surface area contributed by atoms with E-state index in [1.807, 2.05) is 37.4 Å². The van der Waals surface area contributed by atoms with Crippen molar-refractivity contribution in [3.05, 3.63) is 69.7 Å². The van der Waals surface area contributed by atoms with Gasteiger partial charge >= 0.3 is 0 Å². The molecule has 3 aromatic rings. The van der Waals surface area contributed by atoms with Gasteiger partial charge in [0.15, 0.2) is 0 Å². The molecule has 4 rings (SSSR count). The Labute approximate surface area is 181 Å². The summed E-state index contributed by atoms with van der Waals surface area (Å²) in [6.07, 6.45) is 3.77. The molecule has 1 aromatic carbocycles. The fourth-order valence-corrected chi connectivity index (χ4v) is 4.55. The van der Waals surface area contributed by atoms with E-state index in [0.717, 1.165) is 47.3 Å². The molecular formula is C24H26ClN3O2. The lowest BCUT2D eigenvalue weighted by Gasteiger charge is -2.28. The molecule has 0 radical (unpaired) electrons. The first kappa shape index (κ1) is 20.6. The van der Waals surface area contributed by atoms with Gasteiger partial charge in [0, 0.05) is 32.5 Å². The molecule has 2 aromatic heterocycles. The van der Waals surface area contributed by atoms with Crippen molar-refractivity contribution in [3.63, 3.8) is 0 Å². The van der Waals surface area contributed by atoms with Crippen molar-refractivity contribution in [2.24, 2.45) is 7.05 Å². The Kier molecular flexibility index (Phi) is 5.93. The van der Waals surface area contributed by atoms with Gasteiger partial charge in [0.25, 0.3) is 5.56 Å². The smallest absolute Gasteiger partial charge is 0.274 e. The lowest BCUT2D eigenvalue weighted by atomic mass is 9.97. The molecule has 0 spiro atoms. The van der Waals surface area contributed by atoms with Crippen LogP contribution >= 0.6 is 11.6 Å². The molecular weight excluding hydrogens is 398 g/mol. The lowest BCUT2D eigenvalue weighted by molar-refractivity contribution is 0.181. The molecule has 1 saturated heterocycles. The first-order valence-electron chi connectivity index (χ1n) is 10.2. The third-order valence-electron chi connectivity index (χ3n) is 5.77. The highest BCUT2D eigenvalue weighted by Gasteiger charge is 2.28. The molecule has 1 aliphatic heterocycles. The second-order valence-electron chi connectivity index (χ2n) is 7.84. The molecule has 156 valence electrons. The maximum Gasteiger partial charge on any atom is 0.274 e. The second kappa shape index (κ2) is 8.62. The number of aromatic nitrogens is 2. The fourth-order valence-electron chi connectivity index (χ4n) is 4.38. The minimum Gasteiger partial charge on any atom is -0.383 e. The number of anilines is 1. The predicted molar refractivity (Wildman–Crippen MR) is 122 cm³/mol. The second-order valence-corrected chi connectivity index (χ2v) is 8.22. The van der Waals surface area contributed by atoms with Crippen molar-refractivity contribution >= 4 is 17.3 Å². The Morgan fingerprint density at radius 3 is 2.77 bits per heavy atom. The van der Waals surface area contributed by atoms with E-state index in [4.69, 9.17) is 16.3 Å². The number of benzene rings is 1. The van der Waals surface area contributed by atoms with Crippen LogP contribution in [0, 0.1) is 6.92 Å². The average molecular weight is 424 g/mol. The maximum absolute atomic E-state index is 13.5. The zero-order valence-electron chi connectivity index (χ0n) is 17.6. The molecule has 1 fully saturated rings. The van der Waals surface area contributed by atoms with Crippen molar-refractivity contribution in [3.8, 4) is 22.4 Å². The van der Waals surface area contributed by atoms with E-state index in [0.29, 0.717) is 17.4 Å². The van der Waals surface area contributed by atoms with E-state index in [-0.39, 0.29) is 11.6 Å². The van der Waals surface area contributed by atoms with Crippen molar-refractivity contribution < 1.29 is 4.74 Å². The summed E-state index contributed by atoms with van der Waals surface area (Å²) in [5.41, 5.74) is 5.62. The molecule has 30 heavy (non-hydrogen) atoms. The number of hydrogen-bond acceptors (Lipinski definition) is 4. The van der Waals surface area contributed by atoms with Crippen LogP contribution in [0.4, 0.5) is 5.69 Å². The zero-order valence-corrected chi connectivity index (χ0v) is 18.3. The van der Waals surface area contributed by atoms with Gasteiger partial charge in [-0.05, 0) is 55.2 Å². The molecule has 1 unspecified atom stereocenters. The van der Waals surface area contributed by atoms with Crippen LogP contribution in [0.5, 0.6) is 0 Å². The Morgan fingerprint density at radius 1 is 1.20 bits per heavy atom. The summed E-state index contributed by atoms with van der Waals surface area (Å²) in [7, 11) is 3.55. The van der Waals surface area contributed by atoms with E-state index in [2.05, 4.69) is 28.9 Å². The van der Waals surface area contributed by atoms with Crippen LogP contribution in [0.1, 0.15) is 18.4 Å². The van der Waals surface area contributed by atoms with Crippen molar-refractivity contribution in [1.82, 2.24) is 9.55 Å². The standard InChI is InChI=1S/C24H26ClN3O2/c1-16-6-4-7-18(12-16)23-20(17-9-10-26-22(25)13-17)14-21(24(29)27(23)2)28-11-5-8-19(28)15-30-3/h4,6-7,9-10,12-14,19H,5,8,11,15H2,1-3H3. The number of aryl methyl sites for hydroxylation is 1. The average Bonchev–Trinajstić information content (AvgIpc) is 3.18. The summed E-state index contributed by atoms with van der Waals surface area (Å²) in [4.78, 5) is 19.8. The SMILES string of the molecule is COCC1CCCN1c1cc(-c2ccnc(Cl)c2)c(-c2cccc(C)c2)n(C)c1=O. The van der Waals surface area contributed by atoms with Gasteiger partial charge in [-0.25, -0.2) is 4.98 Å². The first-order chi connectivity index (χ1) is 14.5. The first-order valence-corrected chi connectivity index (χ1v) is 10.6. The summed E-state index contributed by atoms with van der Waals surface area (Å²) < 4.78 is 7.17. The van der Waals surface area contributed by atoms with E-state index in [1.54, 1.807) is 17.9 Å². The summed E-state index contributed by atoms with van der Waals surface area (Å²) in [5.74, 6) is 0. The third kappa shape index (κ3) is 3.87. The van der Waals surface area contributed by atoms with Crippen molar-refractivity contribution in [1.29, 1.82) is 0 Å². The monoisotopic (exact) mass is 423 g/mol. The largest absolute Gasteiger partial charge is 0.383 e. The minimum atomic E-state index is -0.00147. The quantitative estimate of drug-likeness (QED) is 0.558. The molecule has 0 aliphatic carbocycles. The molecule has 1 atom stereocenters. The Bertz CT molecular complexity index is 1130. The van der Waals surface area contributed by atoms with Crippen LogP contribution in [0.25, 0.3) is 22.4 Å². The highest BCUT2D eigenvalue weighted by Crippen LogP contribution is 2.35. The Balaban J connectivity index is 1.97. The number of halogens is 1. The van der Waals surface area contributed by atoms with Crippen molar-refractivity contribution in [2.75, 3.05) is 25.2 Å². The number of pyridine rings is 2. The molecule has 6 heteroatoms. The van der Waals surface area contributed by atoms with E-state index in [1.165, 1.54) is 0 Å². The van der Waals surface area contributed by atoms with Gasteiger partial charge in [0.1, 0.15) is 10.8 Å². The van der Waals surface area contributed by atoms with Crippen molar-refractivity contribution in [2.45, 2.75) is 25.8 Å². The molecule has 1 aliphatic rings.